The predicted molar refractivity (Wildman–Crippen MR) is 68.1 cm³/mol. The van der Waals surface area contributed by atoms with Crippen LogP contribution < -0.4 is 4.74 Å². The van der Waals surface area contributed by atoms with Crippen LogP contribution in [0.4, 0.5) is 8.78 Å². The van der Waals surface area contributed by atoms with E-state index in [1.807, 2.05) is 0 Å². The number of methoxy groups -OCH3 is 1. The summed E-state index contributed by atoms with van der Waals surface area (Å²) in [6.45, 7) is 1.43. The van der Waals surface area contributed by atoms with Crippen molar-refractivity contribution in [3.8, 4) is 5.75 Å². The van der Waals surface area contributed by atoms with Gasteiger partial charge in [0.2, 0.25) is 12.3 Å². The van der Waals surface area contributed by atoms with Crippen molar-refractivity contribution in [3.05, 3.63) is 29.3 Å². The van der Waals surface area contributed by atoms with Crippen molar-refractivity contribution in [2.24, 2.45) is 0 Å². The summed E-state index contributed by atoms with van der Waals surface area (Å²) in [5, 5.41) is 0. The van der Waals surface area contributed by atoms with Crippen molar-refractivity contribution in [1.82, 2.24) is 4.90 Å². The molecule has 1 heterocycles. The summed E-state index contributed by atoms with van der Waals surface area (Å²) in [6, 6.07) is 4.56. The average Bonchev–Trinajstić information content (AvgIpc) is 2.42. The first kappa shape index (κ1) is 14.4. The number of fused-ring (bicyclic) bond motifs is 1. The van der Waals surface area contributed by atoms with Crippen molar-refractivity contribution in [3.63, 3.8) is 0 Å². The number of likely N-dealkylation sites (N-methyl/N-ethyl adjacent to an activating group) is 1. The van der Waals surface area contributed by atoms with E-state index < -0.39 is 30.1 Å². The lowest BCUT2D eigenvalue weighted by molar-refractivity contribution is -0.135. The fraction of sp³-hybridized carbons (Fsp3) is 0.429. The van der Waals surface area contributed by atoms with Gasteiger partial charge >= 0.3 is 0 Å². The first-order chi connectivity index (χ1) is 9.31. The van der Waals surface area contributed by atoms with E-state index in [1.54, 1.807) is 6.07 Å². The van der Waals surface area contributed by atoms with Crippen LogP contribution in [0.1, 0.15) is 29.3 Å². The van der Waals surface area contributed by atoms with Gasteiger partial charge in [-0.15, -0.1) is 0 Å². The van der Waals surface area contributed by atoms with E-state index in [9.17, 15) is 18.4 Å². The molecule has 0 fully saturated rings. The molecule has 0 aliphatic carbocycles. The lowest BCUT2D eigenvalue weighted by Gasteiger charge is -2.38. The Morgan fingerprint density at radius 1 is 1.35 bits per heavy atom. The first-order valence-electron chi connectivity index (χ1n) is 6.10. The van der Waals surface area contributed by atoms with Gasteiger partial charge < -0.3 is 4.74 Å². The Kier molecular flexibility index (Phi) is 3.50. The minimum atomic E-state index is -2.65. The molecule has 1 aromatic rings. The van der Waals surface area contributed by atoms with Crippen LogP contribution in [-0.2, 0) is 10.2 Å². The second-order valence-electron chi connectivity index (χ2n) is 5.01. The zero-order valence-electron chi connectivity index (χ0n) is 11.4. The van der Waals surface area contributed by atoms with Crippen LogP contribution >= 0.6 is 0 Å². The number of carbonyl (C=O) groups is 2. The third-order valence-corrected chi connectivity index (χ3v) is 3.70. The monoisotopic (exact) mass is 283 g/mol. The fourth-order valence-corrected chi connectivity index (χ4v) is 2.56. The van der Waals surface area contributed by atoms with Crippen LogP contribution in [0, 0.1) is 0 Å². The maximum Gasteiger partial charge on any atom is 0.260 e. The molecule has 0 saturated heterocycles. The average molecular weight is 283 g/mol. The molecule has 1 aromatic carbocycles. The molecule has 2 rings (SSSR count). The number of carbonyl (C=O) groups excluding carboxylic acids is 2. The zero-order chi connectivity index (χ0) is 15.1. The summed E-state index contributed by atoms with van der Waals surface area (Å²) in [4.78, 5) is 25.3. The molecular weight excluding hydrogens is 268 g/mol. The lowest BCUT2D eigenvalue weighted by atomic mass is 9.73. The quantitative estimate of drug-likeness (QED) is 0.799. The standard InChI is InChI=1S/C14H15F2NO3/c1-14(7-11(15)16)10-6-8(20-3)4-5-9(10)12(18)17(2)13(14)19/h4-6,11H,7H2,1-3H3/t14-/m1/s1. The van der Waals surface area contributed by atoms with E-state index in [2.05, 4.69) is 0 Å². The van der Waals surface area contributed by atoms with Crippen LogP contribution in [-0.4, -0.2) is 37.3 Å². The largest absolute Gasteiger partial charge is 0.497 e. The minimum Gasteiger partial charge on any atom is -0.497 e. The Bertz CT molecular complexity index is 574. The van der Waals surface area contributed by atoms with Crippen molar-refractivity contribution >= 4 is 11.8 Å². The maximum atomic E-state index is 12.9. The normalized spacial score (nSPS) is 22.2. The zero-order valence-corrected chi connectivity index (χ0v) is 11.4. The summed E-state index contributed by atoms with van der Waals surface area (Å²) in [6.07, 6.45) is -3.28. The van der Waals surface area contributed by atoms with Crippen LogP contribution in [0.3, 0.4) is 0 Å². The second-order valence-corrected chi connectivity index (χ2v) is 5.01. The van der Waals surface area contributed by atoms with Gasteiger partial charge in [0.1, 0.15) is 5.75 Å². The molecule has 0 unspecified atom stereocenters. The Balaban J connectivity index is 2.66. The maximum absolute atomic E-state index is 12.9. The fourth-order valence-electron chi connectivity index (χ4n) is 2.56. The molecule has 0 N–H and O–H groups in total. The molecule has 0 spiro atoms. The van der Waals surface area contributed by atoms with Crippen molar-refractivity contribution < 1.29 is 23.1 Å². The van der Waals surface area contributed by atoms with Gasteiger partial charge in [0, 0.05) is 19.0 Å². The highest BCUT2D eigenvalue weighted by atomic mass is 19.3. The Hall–Kier alpha value is -1.98. The van der Waals surface area contributed by atoms with E-state index in [-0.39, 0.29) is 5.56 Å². The number of ether oxygens (including phenoxy) is 1. The minimum absolute atomic E-state index is 0.260. The molecule has 0 saturated carbocycles. The molecule has 0 radical (unpaired) electrons. The van der Waals surface area contributed by atoms with Gasteiger partial charge in [-0.1, -0.05) is 0 Å². The van der Waals surface area contributed by atoms with Crippen LogP contribution in [0.2, 0.25) is 0 Å². The van der Waals surface area contributed by atoms with Crippen molar-refractivity contribution in [2.75, 3.05) is 14.2 Å². The number of benzene rings is 1. The second kappa shape index (κ2) is 4.85. The van der Waals surface area contributed by atoms with E-state index >= 15 is 0 Å². The molecule has 6 heteroatoms. The van der Waals surface area contributed by atoms with Gasteiger partial charge in [-0.05, 0) is 30.7 Å². The van der Waals surface area contributed by atoms with Gasteiger partial charge in [-0.2, -0.15) is 0 Å². The third-order valence-electron chi connectivity index (χ3n) is 3.70. The number of halogens is 2. The first-order valence-corrected chi connectivity index (χ1v) is 6.10. The molecule has 20 heavy (non-hydrogen) atoms. The molecule has 1 aliphatic heterocycles. The summed E-state index contributed by atoms with van der Waals surface area (Å²) >= 11 is 0. The van der Waals surface area contributed by atoms with Crippen LogP contribution in [0.5, 0.6) is 5.75 Å². The third kappa shape index (κ3) is 2.05. The summed E-state index contributed by atoms with van der Waals surface area (Å²) in [5.74, 6) is -0.683. The Morgan fingerprint density at radius 2 is 2.00 bits per heavy atom. The number of nitrogens with zero attached hydrogens (tertiary/aromatic N) is 1. The van der Waals surface area contributed by atoms with E-state index in [0.717, 1.165) is 4.90 Å². The highest BCUT2D eigenvalue weighted by Gasteiger charge is 2.47. The molecule has 0 bridgehead atoms. The number of alkyl halides is 2. The smallest absolute Gasteiger partial charge is 0.260 e. The van der Waals surface area contributed by atoms with Crippen molar-refractivity contribution in [1.29, 1.82) is 0 Å². The highest BCUT2D eigenvalue weighted by molar-refractivity contribution is 6.12. The Labute approximate surface area is 115 Å². The van der Waals surface area contributed by atoms with E-state index in [1.165, 1.54) is 33.2 Å². The lowest BCUT2D eigenvalue weighted by Crippen LogP contribution is -2.52. The molecule has 1 atom stereocenters. The summed E-state index contributed by atoms with van der Waals surface area (Å²) < 4.78 is 30.8. The molecule has 0 aromatic heterocycles. The number of hydrogen-bond donors (Lipinski definition) is 0. The van der Waals surface area contributed by atoms with Crippen LogP contribution in [0.25, 0.3) is 0 Å². The van der Waals surface area contributed by atoms with E-state index in [0.29, 0.717) is 11.3 Å². The van der Waals surface area contributed by atoms with Gasteiger partial charge in [0.05, 0.1) is 12.5 Å². The van der Waals surface area contributed by atoms with Gasteiger partial charge in [-0.3, -0.25) is 14.5 Å². The number of rotatable bonds is 3. The van der Waals surface area contributed by atoms with Gasteiger partial charge in [0.15, 0.2) is 0 Å². The number of amides is 2. The molecule has 108 valence electrons. The highest BCUT2D eigenvalue weighted by Crippen LogP contribution is 2.40. The van der Waals surface area contributed by atoms with Crippen LogP contribution in [0.15, 0.2) is 18.2 Å². The molecule has 4 nitrogen and oxygen atoms in total. The predicted octanol–water partition coefficient (Wildman–Crippen LogP) is 2.22. The van der Waals surface area contributed by atoms with Gasteiger partial charge in [-0.25, -0.2) is 8.78 Å². The topological polar surface area (TPSA) is 46.6 Å². The van der Waals surface area contributed by atoms with Crippen molar-refractivity contribution in [2.45, 2.75) is 25.2 Å². The van der Waals surface area contributed by atoms with E-state index in [4.69, 9.17) is 4.74 Å². The molecular formula is C14H15F2NO3. The number of hydrogen-bond acceptors (Lipinski definition) is 3. The molecule has 2 amide bonds. The molecule has 1 aliphatic rings. The number of imide groups is 1. The summed E-state index contributed by atoms with van der Waals surface area (Å²) in [5.41, 5.74) is -0.873. The Morgan fingerprint density at radius 3 is 2.55 bits per heavy atom. The SMILES string of the molecule is COc1ccc2c(c1)[C@@](C)(CC(F)F)C(=O)N(C)C2=O. The van der Waals surface area contributed by atoms with Gasteiger partial charge in [0.25, 0.3) is 5.91 Å². The summed E-state index contributed by atoms with van der Waals surface area (Å²) in [7, 11) is 2.74.